The molecule has 0 spiro atoms. The Labute approximate surface area is 83.2 Å². The quantitative estimate of drug-likeness (QED) is 0.645. The maximum Gasteiger partial charge on any atom is 0.471 e. The number of hydrogen-bond acceptors (Lipinski definition) is 4. The summed E-state index contributed by atoms with van der Waals surface area (Å²) in [5, 5.41) is 10.3. The molecule has 0 fully saturated rings. The highest BCUT2D eigenvalue weighted by Crippen LogP contribution is 2.15. The smallest absolute Gasteiger partial charge is 0.467 e. The molecule has 15 heavy (non-hydrogen) atoms. The van der Waals surface area contributed by atoms with Gasteiger partial charge >= 0.3 is 18.1 Å². The molecule has 0 aromatic carbocycles. The summed E-state index contributed by atoms with van der Waals surface area (Å²) in [5.41, 5.74) is 0. The fourth-order valence-corrected chi connectivity index (χ4v) is 0.727. The molecule has 0 radical (unpaired) electrons. The Hall–Kier alpha value is -1.31. The number of halogens is 3. The number of aliphatic hydroxyl groups excluding tert-OH is 1. The second-order valence-corrected chi connectivity index (χ2v) is 2.71. The van der Waals surface area contributed by atoms with E-state index in [1.54, 1.807) is 0 Å². The lowest BCUT2D eigenvalue weighted by Crippen LogP contribution is -2.52. The summed E-state index contributed by atoms with van der Waals surface area (Å²) >= 11 is 0. The molecule has 0 saturated carbocycles. The molecular formula is C7H10F3NO4. The zero-order chi connectivity index (χ0) is 12.2. The minimum absolute atomic E-state index is 0.928. The van der Waals surface area contributed by atoms with Crippen molar-refractivity contribution < 1.29 is 32.6 Å². The first-order valence-electron chi connectivity index (χ1n) is 3.83. The van der Waals surface area contributed by atoms with Crippen LogP contribution >= 0.6 is 0 Å². The number of carbonyl (C=O) groups excluding carboxylic acids is 2. The van der Waals surface area contributed by atoms with Crippen LogP contribution in [0.5, 0.6) is 0 Å². The minimum Gasteiger partial charge on any atom is -0.467 e. The van der Waals surface area contributed by atoms with Gasteiger partial charge in [0.15, 0.2) is 6.04 Å². The summed E-state index contributed by atoms with van der Waals surface area (Å²) in [6.07, 6.45) is -6.59. The van der Waals surface area contributed by atoms with Crippen molar-refractivity contribution in [2.45, 2.75) is 25.2 Å². The molecule has 0 aliphatic rings. The Morgan fingerprint density at radius 2 is 1.87 bits per heavy atom. The Morgan fingerprint density at radius 1 is 1.40 bits per heavy atom. The average Bonchev–Trinajstić information content (AvgIpc) is 2.10. The monoisotopic (exact) mass is 229 g/mol. The molecule has 2 atom stereocenters. The van der Waals surface area contributed by atoms with Crippen molar-refractivity contribution >= 4 is 11.9 Å². The van der Waals surface area contributed by atoms with Crippen molar-refractivity contribution in [3.05, 3.63) is 0 Å². The van der Waals surface area contributed by atoms with Crippen molar-refractivity contribution in [3.8, 4) is 0 Å². The maximum absolute atomic E-state index is 11.8. The van der Waals surface area contributed by atoms with Crippen LogP contribution in [0.4, 0.5) is 13.2 Å². The molecule has 0 aromatic heterocycles. The predicted octanol–water partition coefficient (Wildman–Crippen LogP) is -0.413. The number of aliphatic hydroxyl groups is 1. The molecule has 8 heteroatoms. The first kappa shape index (κ1) is 13.7. The Kier molecular flexibility index (Phi) is 4.53. The lowest BCUT2D eigenvalue weighted by atomic mass is 10.2. The third-order valence-electron chi connectivity index (χ3n) is 1.48. The Bertz CT molecular complexity index is 251. The zero-order valence-corrected chi connectivity index (χ0v) is 7.96. The van der Waals surface area contributed by atoms with Crippen molar-refractivity contribution in [3.63, 3.8) is 0 Å². The lowest BCUT2D eigenvalue weighted by Gasteiger charge is -2.19. The van der Waals surface area contributed by atoms with Crippen LogP contribution in [0.3, 0.4) is 0 Å². The van der Waals surface area contributed by atoms with Crippen molar-refractivity contribution in [1.29, 1.82) is 0 Å². The highest BCUT2D eigenvalue weighted by atomic mass is 19.4. The Morgan fingerprint density at radius 3 is 2.13 bits per heavy atom. The molecule has 1 amide bonds. The van der Waals surface area contributed by atoms with Crippen LogP contribution in [0.25, 0.3) is 0 Å². The molecule has 0 unspecified atom stereocenters. The number of ether oxygens (including phenoxy) is 1. The van der Waals surface area contributed by atoms with Gasteiger partial charge in [0.25, 0.3) is 0 Å². The number of hydrogen-bond donors (Lipinski definition) is 2. The normalized spacial score (nSPS) is 15.3. The van der Waals surface area contributed by atoms with E-state index < -0.39 is 30.2 Å². The second kappa shape index (κ2) is 4.96. The van der Waals surface area contributed by atoms with E-state index in [-0.39, 0.29) is 0 Å². The van der Waals surface area contributed by atoms with Crippen LogP contribution in [-0.2, 0) is 14.3 Å². The number of nitrogens with one attached hydrogen (secondary N) is 1. The van der Waals surface area contributed by atoms with E-state index in [9.17, 15) is 22.8 Å². The highest BCUT2D eigenvalue weighted by molar-refractivity contribution is 5.87. The number of esters is 1. The molecule has 0 rings (SSSR count). The van der Waals surface area contributed by atoms with Crippen LogP contribution in [0, 0.1) is 0 Å². The summed E-state index contributed by atoms with van der Waals surface area (Å²) in [7, 11) is 0.928. The number of methoxy groups -OCH3 is 1. The number of rotatable bonds is 3. The molecule has 88 valence electrons. The fraction of sp³-hybridized carbons (Fsp3) is 0.714. The average molecular weight is 229 g/mol. The second-order valence-electron chi connectivity index (χ2n) is 2.71. The molecule has 5 nitrogen and oxygen atoms in total. The first-order valence-corrected chi connectivity index (χ1v) is 3.83. The molecule has 0 aromatic rings. The van der Waals surface area contributed by atoms with E-state index in [0.29, 0.717) is 0 Å². The zero-order valence-electron chi connectivity index (χ0n) is 7.96. The van der Waals surface area contributed by atoms with Crippen molar-refractivity contribution in [2.75, 3.05) is 7.11 Å². The van der Waals surface area contributed by atoms with Crippen LogP contribution in [0.1, 0.15) is 6.92 Å². The van der Waals surface area contributed by atoms with Gasteiger partial charge in [0.2, 0.25) is 0 Å². The van der Waals surface area contributed by atoms with E-state index in [2.05, 4.69) is 4.74 Å². The van der Waals surface area contributed by atoms with Gasteiger partial charge in [-0.05, 0) is 6.92 Å². The van der Waals surface area contributed by atoms with Gasteiger partial charge in [0, 0.05) is 0 Å². The predicted molar refractivity (Wildman–Crippen MR) is 41.7 cm³/mol. The van der Waals surface area contributed by atoms with Gasteiger partial charge in [-0.15, -0.1) is 0 Å². The largest absolute Gasteiger partial charge is 0.471 e. The van der Waals surface area contributed by atoms with E-state index >= 15 is 0 Å². The van der Waals surface area contributed by atoms with Crippen LogP contribution < -0.4 is 5.32 Å². The van der Waals surface area contributed by atoms with Gasteiger partial charge in [-0.25, -0.2) is 4.79 Å². The van der Waals surface area contributed by atoms with Gasteiger partial charge < -0.3 is 15.2 Å². The van der Waals surface area contributed by atoms with Gasteiger partial charge in [0.05, 0.1) is 13.2 Å². The van der Waals surface area contributed by atoms with Crippen molar-refractivity contribution in [1.82, 2.24) is 5.32 Å². The topological polar surface area (TPSA) is 75.6 Å². The van der Waals surface area contributed by atoms with Crippen molar-refractivity contribution in [2.24, 2.45) is 0 Å². The molecule has 2 N–H and O–H groups in total. The van der Waals surface area contributed by atoms with E-state index in [1.165, 1.54) is 5.32 Å². The summed E-state index contributed by atoms with van der Waals surface area (Å²) in [6, 6.07) is -1.73. The van der Waals surface area contributed by atoms with Crippen LogP contribution in [0.2, 0.25) is 0 Å². The molecule has 0 bridgehead atoms. The molecule has 0 saturated heterocycles. The van der Waals surface area contributed by atoms with Gasteiger partial charge in [-0.2, -0.15) is 13.2 Å². The number of carbonyl (C=O) groups is 2. The first-order chi connectivity index (χ1) is 6.70. The molecular weight excluding hydrogens is 219 g/mol. The standard InChI is InChI=1S/C7H10F3NO4/c1-3(12)4(5(13)15-2)11-6(14)7(8,9)10/h3-4,12H,1-2H3,(H,11,14)/t3-,4+/m1/s1. The van der Waals surface area contributed by atoms with E-state index in [4.69, 9.17) is 5.11 Å². The van der Waals surface area contributed by atoms with E-state index in [1.807, 2.05) is 0 Å². The lowest BCUT2D eigenvalue weighted by molar-refractivity contribution is -0.176. The highest BCUT2D eigenvalue weighted by Gasteiger charge is 2.41. The molecule has 0 aliphatic carbocycles. The number of amides is 1. The Balaban J connectivity index is 4.57. The number of alkyl halides is 3. The van der Waals surface area contributed by atoms with Crippen LogP contribution in [0.15, 0.2) is 0 Å². The molecule has 0 aliphatic heterocycles. The fourth-order valence-electron chi connectivity index (χ4n) is 0.727. The summed E-state index contributed by atoms with van der Waals surface area (Å²) < 4.78 is 39.5. The molecule has 0 heterocycles. The minimum atomic E-state index is -5.11. The van der Waals surface area contributed by atoms with E-state index in [0.717, 1.165) is 14.0 Å². The van der Waals surface area contributed by atoms with Gasteiger partial charge in [-0.1, -0.05) is 0 Å². The maximum atomic E-state index is 11.8. The van der Waals surface area contributed by atoms with Crippen LogP contribution in [-0.4, -0.2) is 42.4 Å². The van der Waals surface area contributed by atoms with Gasteiger partial charge in [0.1, 0.15) is 0 Å². The SMILES string of the molecule is COC(=O)[C@@H](NC(=O)C(F)(F)F)[C@@H](C)O. The van der Waals surface area contributed by atoms with Gasteiger partial charge in [-0.3, -0.25) is 4.79 Å². The third-order valence-corrected chi connectivity index (χ3v) is 1.48. The third kappa shape index (κ3) is 4.15. The summed E-state index contributed by atoms with van der Waals surface area (Å²) in [6.45, 7) is 1.05. The summed E-state index contributed by atoms with van der Waals surface area (Å²) in [5.74, 6) is -3.46. The summed E-state index contributed by atoms with van der Waals surface area (Å²) in [4.78, 5) is 21.3.